The molecule has 6 rings (SSSR count). The van der Waals surface area contributed by atoms with Crippen LogP contribution < -0.4 is 26.8 Å². The zero-order valence-electron chi connectivity index (χ0n) is 24.5. The van der Waals surface area contributed by atoms with Crippen LogP contribution in [0.1, 0.15) is 27.0 Å². The Morgan fingerprint density at radius 3 is 2.15 bits per heavy atom. The molecule has 0 fully saturated rings. The van der Waals surface area contributed by atoms with Crippen LogP contribution in [0.2, 0.25) is 20.1 Å². The van der Waals surface area contributed by atoms with Crippen LogP contribution in [-0.4, -0.2) is 30.8 Å². The van der Waals surface area contributed by atoms with Gasteiger partial charge in [-0.3, -0.25) is 14.4 Å². The Bertz CT molecular complexity index is 2480. The molecule has 0 saturated heterocycles. The fraction of sp³-hybridized carbons (Fsp3) is 0.0606. The third-order valence-corrected chi connectivity index (χ3v) is 8.57. The molecule has 236 valence electrons. The van der Waals surface area contributed by atoms with E-state index in [0.29, 0.717) is 53.7 Å². The number of allylic oxidation sites excluding steroid dienone is 5. The van der Waals surface area contributed by atoms with Crippen molar-refractivity contribution in [1.82, 2.24) is 19.7 Å². The number of fused-ring (bicyclic) bond motifs is 2. The van der Waals surface area contributed by atoms with Crippen molar-refractivity contribution in [1.29, 1.82) is 0 Å². The number of rotatable bonds is 6. The third kappa shape index (κ3) is 5.92. The minimum absolute atomic E-state index is 0.136. The number of pyridine rings is 2. The highest BCUT2D eigenvalue weighted by Gasteiger charge is 2.30. The topological polar surface area (TPSA) is 136 Å². The monoisotopic (exact) mass is 706 g/mol. The number of aromatic hydroxyl groups is 1. The van der Waals surface area contributed by atoms with Crippen LogP contribution in [-0.2, 0) is 0 Å². The van der Waals surface area contributed by atoms with Crippen LogP contribution in [0.25, 0.3) is 28.9 Å². The molecule has 0 spiro atoms. The first kappa shape index (κ1) is 32.1. The number of anilines is 1. The van der Waals surface area contributed by atoms with Crippen LogP contribution in [0.3, 0.4) is 0 Å². The molecule has 14 heteroatoms. The molecule has 0 bridgehead atoms. The quantitative estimate of drug-likeness (QED) is 0.182. The molecule has 2 aromatic carbocycles. The number of nitrogens with zero attached hydrogens (tertiary/aromatic N) is 4. The Labute approximate surface area is 285 Å². The number of aromatic nitrogens is 4. The first-order valence-corrected chi connectivity index (χ1v) is 15.4. The normalized spacial score (nSPS) is 13.6. The fourth-order valence-corrected chi connectivity index (χ4v) is 5.88. The number of H-pyrrole nitrogens is 2. The van der Waals surface area contributed by atoms with Gasteiger partial charge in [0.05, 0.1) is 32.4 Å². The maximum Gasteiger partial charge on any atom is 0.282 e. The number of hydrogen-bond acceptors (Lipinski definition) is 6. The summed E-state index contributed by atoms with van der Waals surface area (Å²) in [6.07, 6.45) is 11.6. The Morgan fingerprint density at radius 2 is 1.43 bits per heavy atom. The number of benzene rings is 2. The van der Waals surface area contributed by atoms with Gasteiger partial charge in [-0.2, -0.15) is 9.69 Å². The van der Waals surface area contributed by atoms with Gasteiger partial charge < -0.3 is 15.1 Å². The number of hydrogen-bond donors (Lipinski definition) is 3. The van der Waals surface area contributed by atoms with E-state index in [1.165, 1.54) is 10.7 Å². The first-order chi connectivity index (χ1) is 22.5. The van der Waals surface area contributed by atoms with Gasteiger partial charge in [-0.05, 0) is 73.5 Å². The number of carbonyl (C=O) groups is 1. The molecular formula is C33H22Cl4N6O4. The fourth-order valence-electron chi connectivity index (χ4n) is 5.15. The molecule has 1 aliphatic heterocycles. The first-order valence-electron chi connectivity index (χ1n) is 13.9. The molecule has 1 aliphatic rings. The highest BCUT2D eigenvalue weighted by atomic mass is 35.5. The zero-order valence-corrected chi connectivity index (χ0v) is 27.5. The standard InChI is InChI=1S/C33H22Cl4N6O4/c1-16-20(30(44)38-28-26(16)32(46)42(40-28)24-14-18(34)10-12-22(24)36)8-6-4-3-5-7-9-21-17(2)27-29(39-31(21)45)41-43(33(27)47)25-15-19(35)11-13-23(25)37/h3-15,46H,1-2H3,(H,38,40,44)(H,39,41,45)/b4-3+,7-5+,8-6+,21-9-. The van der Waals surface area contributed by atoms with E-state index in [9.17, 15) is 19.5 Å². The molecule has 3 aromatic heterocycles. The second-order valence-electron chi connectivity index (χ2n) is 10.4. The smallest absolute Gasteiger partial charge is 0.282 e. The molecule has 5 aromatic rings. The minimum atomic E-state index is -0.445. The highest BCUT2D eigenvalue weighted by Crippen LogP contribution is 2.34. The summed E-state index contributed by atoms with van der Waals surface area (Å²) >= 11 is 24.8. The summed E-state index contributed by atoms with van der Waals surface area (Å²) in [6, 6.07) is 9.44. The predicted octanol–water partition coefficient (Wildman–Crippen LogP) is 6.14. The predicted molar refractivity (Wildman–Crippen MR) is 186 cm³/mol. The van der Waals surface area contributed by atoms with Crippen molar-refractivity contribution >= 4 is 81.2 Å². The molecule has 0 radical (unpaired) electrons. The molecule has 1 amide bonds. The van der Waals surface area contributed by atoms with Gasteiger partial charge in [0, 0.05) is 20.8 Å². The van der Waals surface area contributed by atoms with E-state index in [1.807, 2.05) is 0 Å². The summed E-state index contributed by atoms with van der Waals surface area (Å²) in [4.78, 5) is 44.3. The van der Waals surface area contributed by atoms with Gasteiger partial charge in [-0.1, -0.05) is 76.8 Å². The van der Waals surface area contributed by atoms with Crippen molar-refractivity contribution in [3.05, 3.63) is 141 Å². The third-order valence-electron chi connectivity index (χ3n) is 7.46. The number of nitrogens with one attached hydrogen (secondary N) is 2. The summed E-state index contributed by atoms with van der Waals surface area (Å²) in [5, 5.41) is 22.7. The highest BCUT2D eigenvalue weighted by molar-refractivity contribution is 6.36. The summed E-state index contributed by atoms with van der Waals surface area (Å²) in [7, 11) is 0. The molecular weight excluding hydrogens is 686 g/mol. The summed E-state index contributed by atoms with van der Waals surface area (Å²) in [6.45, 7) is 3.38. The van der Waals surface area contributed by atoms with Gasteiger partial charge in [-0.25, -0.2) is 0 Å². The van der Waals surface area contributed by atoms with Gasteiger partial charge in [0.1, 0.15) is 0 Å². The molecule has 10 nitrogen and oxygen atoms in total. The molecule has 0 saturated carbocycles. The Morgan fingerprint density at radius 1 is 0.787 bits per heavy atom. The second kappa shape index (κ2) is 12.7. The number of halogens is 4. The lowest BCUT2D eigenvalue weighted by atomic mass is 10.1. The van der Waals surface area contributed by atoms with Crippen LogP contribution in [0.4, 0.5) is 5.69 Å². The second-order valence-corrected chi connectivity index (χ2v) is 12.1. The van der Waals surface area contributed by atoms with Gasteiger partial charge in [0.25, 0.3) is 17.0 Å². The average molecular weight is 708 g/mol. The van der Waals surface area contributed by atoms with E-state index in [-0.39, 0.29) is 27.6 Å². The van der Waals surface area contributed by atoms with Crippen molar-refractivity contribution in [2.24, 2.45) is 5.10 Å². The van der Waals surface area contributed by atoms with Crippen molar-refractivity contribution in [2.75, 3.05) is 5.01 Å². The molecule has 3 N–H and O–H groups in total. The molecule has 47 heavy (non-hydrogen) atoms. The lowest BCUT2D eigenvalue weighted by Crippen LogP contribution is -2.38. The van der Waals surface area contributed by atoms with E-state index >= 15 is 0 Å². The Hall–Kier alpha value is -4.87. The maximum absolute atomic E-state index is 13.2. The van der Waals surface area contributed by atoms with Gasteiger partial charge >= 0.3 is 0 Å². The van der Waals surface area contributed by atoms with Crippen molar-refractivity contribution in [2.45, 2.75) is 13.8 Å². The Kier molecular flexibility index (Phi) is 8.69. The van der Waals surface area contributed by atoms with Crippen LogP contribution in [0, 0.1) is 13.8 Å². The molecule has 0 aliphatic carbocycles. The van der Waals surface area contributed by atoms with Crippen LogP contribution >= 0.6 is 46.4 Å². The molecule has 0 atom stereocenters. The van der Waals surface area contributed by atoms with Gasteiger partial charge in [0.15, 0.2) is 11.1 Å². The van der Waals surface area contributed by atoms with Crippen LogP contribution in [0.15, 0.2) is 81.5 Å². The minimum Gasteiger partial charge on any atom is -0.493 e. The van der Waals surface area contributed by atoms with E-state index in [2.05, 4.69) is 20.2 Å². The zero-order chi connectivity index (χ0) is 33.6. The number of carbonyl (C=O) groups excluding carboxylic acids is 1. The lowest BCUT2D eigenvalue weighted by molar-refractivity contribution is 0.0994. The van der Waals surface area contributed by atoms with Crippen molar-refractivity contribution < 1.29 is 9.90 Å². The van der Waals surface area contributed by atoms with E-state index in [4.69, 9.17) is 46.4 Å². The Balaban J connectivity index is 1.23. The van der Waals surface area contributed by atoms with E-state index in [0.717, 1.165) is 5.01 Å². The van der Waals surface area contributed by atoms with Crippen LogP contribution in [0.5, 0.6) is 5.88 Å². The summed E-state index contributed by atoms with van der Waals surface area (Å²) < 4.78 is 1.22. The lowest BCUT2D eigenvalue weighted by Gasteiger charge is -2.14. The van der Waals surface area contributed by atoms with Gasteiger partial charge in [-0.15, -0.1) is 10.2 Å². The van der Waals surface area contributed by atoms with E-state index in [1.54, 1.807) is 86.7 Å². The van der Waals surface area contributed by atoms with E-state index < -0.39 is 17.0 Å². The van der Waals surface area contributed by atoms with Crippen molar-refractivity contribution in [3.8, 4) is 11.6 Å². The maximum atomic E-state index is 13.2. The number of aromatic amines is 2. The largest absolute Gasteiger partial charge is 0.493 e. The number of amides is 1. The molecule has 0 unspecified atom stereocenters. The average Bonchev–Trinajstić information content (AvgIpc) is 3.53. The van der Waals surface area contributed by atoms with Crippen molar-refractivity contribution in [3.63, 3.8) is 0 Å². The molecule has 4 heterocycles. The summed E-state index contributed by atoms with van der Waals surface area (Å²) in [5.41, 5.74) is 1.74. The summed E-state index contributed by atoms with van der Waals surface area (Å²) in [5.74, 6) is -0.645. The van der Waals surface area contributed by atoms with Gasteiger partial charge in [0.2, 0.25) is 5.88 Å². The SMILES string of the molecule is Cc1c2c([nH]c(=O)\c1=C/C=C/C=C/C=C/c1c(C)c3c(O)n(-c4cc(Cl)ccc4Cl)nc3[nH]c1=O)=NN(c1cc(Cl)ccc1Cl)C2=O. The number of aryl methyl sites for hydroxylation is 1.